The molecule has 0 spiro atoms. The third-order valence-corrected chi connectivity index (χ3v) is 11.5. The molecule has 0 unspecified atom stereocenters. The summed E-state index contributed by atoms with van der Waals surface area (Å²) in [6.45, 7) is 16.8. The molecule has 1 aromatic carbocycles. The van der Waals surface area contributed by atoms with E-state index in [1.54, 1.807) is 14.2 Å². The largest absolute Gasteiger partial charge is 0.487 e. The monoisotopic (exact) mass is 960 g/mol. The quantitative estimate of drug-likeness (QED) is 0.0576. The highest BCUT2D eigenvalue weighted by Crippen LogP contribution is 2.39. The van der Waals surface area contributed by atoms with Crippen LogP contribution in [0.3, 0.4) is 0 Å². The van der Waals surface area contributed by atoms with Crippen molar-refractivity contribution in [2.24, 2.45) is 9.98 Å². The van der Waals surface area contributed by atoms with Crippen LogP contribution in [0.1, 0.15) is 77.8 Å². The van der Waals surface area contributed by atoms with Gasteiger partial charge in [-0.05, 0) is 97.9 Å². The Hall–Kier alpha value is -5.56. The Bertz CT molecular complexity index is 2360. The molecule has 0 aliphatic carbocycles. The van der Waals surface area contributed by atoms with Gasteiger partial charge in [0.25, 0.3) is 0 Å². The summed E-state index contributed by atoms with van der Waals surface area (Å²) in [6, 6.07) is 3.80. The molecule has 0 amide bonds. The molecule has 5 rings (SSSR count). The number of rotatable bonds is 30. The van der Waals surface area contributed by atoms with Crippen molar-refractivity contribution < 1.29 is 57.0 Å². The van der Waals surface area contributed by atoms with E-state index in [0.717, 1.165) is 68.6 Å². The number of hydrogen-bond donors (Lipinski definition) is 3. The number of fused-ring (bicyclic) bond motifs is 5. The number of benzene rings is 1. The average Bonchev–Trinajstić information content (AvgIpc) is 3.93. The number of ether oxygens (including phenoxy) is 10. The Morgan fingerprint density at radius 2 is 1.04 bits per heavy atom. The van der Waals surface area contributed by atoms with E-state index in [0.29, 0.717) is 128 Å². The van der Waals surface area contributed by atoms with Crippen LogP contribution in [0.15, 0.2) is 68.1 Å². The molecule has 17 heteroatoms. The van der Waals surface area contributed by atoms with Crippen molar-refractivity contribution in [3.63, 3.8) is 0 Å². The van der Waals surface area contributed by atoms with Gasteiger partial charge >= 0.3 is 11.9 Å². The lowest BCUT2D eigenvalue weighted by Gasteiger charge is -2.18. The molecule has 0 radical (unpaired) electrons. The number of nitrogens with zero attached hydrogens (tertiary/aromatic N) is 2. The van der Waals surface area contributed by atoms with Crippen molar-refractivity contribution >= 4 is 47.0 Å². The number of aromatic nitrogens is 1. The van der Waals surface area contributed by atoms with E-state index in [4.69, 9.17) is 57.4 Å². The maximum atomic E-state index is 11.7. The zero-order valence-electron chi connectivity index (χ0n) is 41.9. The smallest absolute Gasteiger partial charge is 0.302 e. The van der Waals surface area contributed by atoms with Gasteiger partial charge in [-0.3, -0.25) is 9.59 Å². The molecule has 17 nitrogen and oxygen atoms in total. The molecule has 6 bridgehead atoms. The average molecular weight is 960 g/mol. The molecule has 69 heavy (non-hydrogen) atoms. The summed E-state index contributed by atoms with van der Waals surface area (Å²) < 4.78 is 56.2. The number of esters is 2. The molecule has 0 saturated carbocycles. The molecule has 3 N–H and O–H groups in total. The number of H-pyrrole nitrogens is 1. The fourth-order valence-corrected chi connectivity index (χ4v) is 7.94. The Kier molecular flexibility index (Phi) is 23.2. The molecule has 0 saturated heterocycles. The first-order valence-electron chi connectivity index (χ1n) is 24.0. The van der Waals surface area contributed by atoms with Gasteiger partial charge in [-0.2, -0.15) is 0 Å². The van der Waals surface area contributed by atoms with Gasteiger partial charge in [0.15, 0.2) is 11.5 Å². The highest BCUT2D eigenvalue weighted by Gasteiger charge is 2.25. The normalized spacial score (nSPS) is 14.4. The van der Waals surface area contributed by atoms with E-state index in [9.17, 15) is 9.59 Å². The summed E-state index contributed by atoms with van der Waals surface area (Å²) in [5.41, 5.74) is 11.3. The van der Waals surface area contributed by atoms with Gasteiger partial charge < -0.3 is 63.0 Å². The fraction of sp³-hybridized carbons (Fsp3) is 0.538. The minimum absolute atomic E-state index is 0.253. The summed E-state index contributed by atoms with van der Waals surface area (Å²) in [6.07, 6.45) is 12.3. The number of anilines is 2. The third-order valence-electron chi connectivity index (χ3n) is 11.5. The van der Waals surface area contributed by atoms with Crippen molar-refractivity contribution in [1.82, 2.24) is 4.98 Å². The zero-order chi connectivity index (χ0) is 49.4. The van der Waals surface area contributed by atoms with Crippen LogP contribution in [-0.2, 0) is 53.9 Å². The number of methoxy groups -OCH3 is 2. The molecule has 0 atom stereocenters. The van der Waals surface area contributed by atoms with Crippen LogP contribution in [-0.4, -0.2) is 135 Å². The Balaban J connectivity index is 1.59. The van der Waals surface area contributed by atoms with E-state index in [1.807, 2.05) is 24.5 Å². The van der Waals surface area contributed by atoms with Gasteiger partial charge in [-0.1, -0.05) is 13.8 Å². The Morgan fingerprint density at radius 3 is 1.58 bits per heavy atom. The maximum absolute atomic E-state index is 11.7. The molecular formula is C52H73N5O12. The van der Waals surface area contributed by atoms with E-state index >= 15 is 0 Å². The number of allylic oxidation sites excluding steroid dienone is 5. The van der Waals surface area contributed by atoms with Gasteiger partial charge in [0.05, 0.1) is 119 Å². The second-order valence-electron chi connectivity index (χ2n) is 16.3. The summed E-state index contributed by atoms with van der Waals surface area (Å²) in [5, 5.41) is 8.93. The standard InChI is InChI=1S/C52H73N5O12/c1-9-39-40(10-2)44-30-46-42(14-12-16-67-38(6)59)36(4)50(57-46)34-54-48-32-52(69-28-26-65-24-22-63-20-18-61-8)51(68-27-25-64-23-21-62-19-17-60-7)31-47(48)53-33-49-35(3)41(13-11-15-66-37(5)58)45(56-49)29-43(39)55-44/h29-34,53-54,56H,9-28H2,1-8H3. The van der Waals surface area contributed by atoms with Gasteiger partial charge in [0.2, 0.25) is 0 Å². The summed E-state index contributed by atoms with van der Waals surface area (Å²) in [7, 11) is 3.27. The molecule has 1 aromatic heterocycles. The van der Waals surface area contributed by atoms with Gasteiger partial charge in [0.1, 0.15) is 13.2 Å². The predicted octanol–water partition coefficient (Wildman–Crippen LogP) is 6.40. The van der Waals surface area contributed by atoms with Crippen molar-refractivity contribution in [3.8, 4) is 11.5 Å². The van der Waals surface area contributed by atoms with Crippen molar-refractivity contribution in [2.75, 3.05) is 117 Å². The highest BCUT2D eigenvalue weighted by atomic mass is 16.6. The van der Waals surface area contributed by atoms with E-state index in [-0.39, 0.29) is 25.2 Å². The number of nitrogens with one attached hydrogen (secondary N) is 3. The maximum Gasteiger partial charge on any atom is 0.302 e. The molecule has 2 aromatic rings. The van der Waals surface area contributed by atoms with Crippen LogP contribution in [0.5, 0.6) is 11.5 Å². The van der Waals surface area contributed by atoms with E-state index in [2.05, 4.69) is 55.5 Å². The minimum Gasteiger partial charge on any atom is -0.487 e. The van der Waals surface area contributed by atoms with Crippen LogP contribution in [0.4, 0.5) is 11.4 Å². The zero-order valence-corrected chi connectivity index (χ0v) is 41.9. The molecule has 0 fully saturated rings. The van der Waals surface area contributed by atoms with Crippen LogP contribution in [0, 0.1) is 6.92 Å². The topological polar surface area (TPSA) is 191 Å². The lowest BCUT2D eigenvalue weighted by Crippen LogP contribution is -2.16. The van der Waals surface area contributed by atoms with Crippen molar-refractivity contribution in [1.29, 1.82) is 0 Å². The molecule has 3 aliphatic rings. The van der Waals surface area contributed by atoms with Crippen LogP contribution in [0.25, 0.3) is 12.3 Å². The second-order valence-corrected chi connectivity index (χ2v) is 16.3. The summed E-state index contributed by atoms with van der Waals surface area (Å²) >= 11 is 0. The molecule has 4 heterocycles. The SMILES string of the molecule is CCC1=C(CC)C2=NC1=CC1=NC(=CNc3cc(OCCOCCOCCOC)c(OCCOCCOCCOC)cc3NC=c3[nH]c(c(CCCOC(C)=O)c3C)=C2)C(C)=C1CCCOC(C)=O. The number of carbonyl (C=O) groups is 2. The van der Waals surface area contributed by atoms with Crippen molar-refractivity contribution in [2.45, 2.75) is 80.1 Å². The van der Waals surface area contributed by atoms with Crippen LogP contribution >= 0.6 is 0 Å². The first-order chi connectivity index (χ1) is 33.6. The number of aliphatic imine (C=N–C) groups is 2. The summed E-state index contributed by atoms with van der Waals surface area (Å²) in [5.74, 6) is 0.386. The van der Waals surface area contributed by atoms with Crippen LogP contribution < -0.4 is 30.8 Å². The van der Waals surface area contributed by atoms with Gasteiger partial charge in [-0.25, -0.2) is 9.98 Å². The molecule has 3 aliphatic heterocycles. The van der Waals surface area contributed by atoms with Gasteiger partial charge in [-0.15, -0.1) is 0 Å². The number of carbonyl (C=O) groups excluding carboxylic acids is 2. The third kappa shape index (κ3) is 16.8. The number of aromatic amines is 1. The van der Waals surface area contributed by atoms with Crippen LogP contribution in [0.2, 0.25) is 0 Å². The van der Waals surface area contributed by atoms with E-state index < -0.39 is 0 Å². The highest BCUT2D eigenvalue weighted by molar-refractivity contribution is 6.24. The van der Waals surface area contributed by atoms with Gasteiger partial charge in [0, 0.05) is 57.9 Å². The fourth-order valence-electron chi connectivity index (χ4n) is 7.94. The van der Waals surface area contributed by atoms with E-state index in [1.165, 1.54) is 25.0 Å². The molecular weight excluding hydrogens is 887 g/mol. The lowest BCUT2D eigenvalue weighted by atomic mass is 9.96. The first kappa shape index (κ1) is 54.4. The number of hydrogen-bond acceptors (Lipinski definition) is 16. The second kappa shape index (κ2) is 29.5. The Morgan fingerprint density at radius 1 is 0.551 bits per heavy atom. The summed E-state index contributed by atoms with van der Waals surface area (Å²) in [4.78, 5) is 37.5. The minimum atomic E-state index is -0.308. The Labute approximate surface area is 406 Å². The first-order valence-corrected chi connectivity index (χ1v) is 24.0. The molecule has 378 valence electrons. The van der Waals surface area contributed by atoms with Crippen molar-refractivity contribution in [3.05, 3.63) is 79.9 Å². The predicted molar refractivity (Wildman–Crippen MR) is 268 cm³/mol. The lowest BCUT2D eigenvalue weighted by molar-refractivity contribution is -0.142.